The fourth-order valence-electron chi connectivity index (χ4n) is 1.95. The third-order valence-corrected chi connectivity index (χ3v) is 2.89. The number of hydrogen-bond acceptors (Lipinski definition) is 2. The van der Waals surface area contributed by atoms with Gasteiger partial charge in [0.15, 0.2) is 0 Å². The molecule has 2 heteroatoms. The SMILES string of the molecule is C=CC=C(C=C)CNC1CCCCC1O. The van der Waals surface area contributed by atoms with Crippen molar-refractivity contribution in [3.8, 4) is 0 Å². The minimum Gasteiger partial charge on any atom is -0.392 e. The quantitative estimate of drug-likeness (QED) is 0.677. The molecule has 2 unspecified atom stereocenters. The van der Waals surface area contributed by atoms with Crippen LogP contribution in [0.3, 0.4) is 0 Å². The molecule has 2 N–H and O–H groups in total. The zero-order valence-electron chi connectivity index (χ0n) is 9.28. The van der Waals surface area contributed by atoms with Crippen LogP contribution < -0.4 is 5.32 Å². The molecule has 1 saturated carbocycles. The highest BCUT2D eigenvalue weighted by atomic mass is 16.3. The molecule has 0 radical (unpaired) electrons. The van der Waals surface area contributed by atoms with Gasteiger partial charge in [-0.1, -0.05) is 44.2 Å². The Morgan fingerprint density at radius 3 is 2.67 bits per heavy atom. The van der Waals surface area contributed by atoms with E-state index in [0.29, 0.717) is 0 Å². The van der Waals surface area contributed by atoms with E-state index in [1.54, 1.807) is 6.08 Å². The summed E-state index contributed by atoms with van der Waals surface area (Å²) in [6.45, 7) is 8.16. The zero-order valence-corrected chi connectivity index (χ0v) is 9.28. The van der Waals surface area contributed by atoms with Crippen molar-refractivity contribution >= 4 is 0 Å². The summed E-state index contributed by atoms with van der Waals surface area (Å²) in [5.41, 5.74) is 1.11. The van der Waals surface area contributed by atoms with E-state index in [1.807, 2.05) is 12.2 Å². The van der Waals surface area contributed by atoms with Gasteiger partial charge < -0.3 is 10.4 Å². The highest BCUT2D eigenvalue weighted by Crippen LogP contribution is 2.18. The van der Waals surface area contributed by atoms with Crippen molar-refractivity contribution in [1.29, 1.82) is 0 Å². The van der Waals surface area contributed by atoms with Gasteiger partial charge in [0.2, 0.25) is 0 Å². The van der Waals surface area contributed by atoms with Gasteiger partial charge in [-0.05, 0) is 18.4 Å². The number of aliphatic hydroxyl groups is 1. The first-order valence-electron chi connectivity index (χ1n) is 5.63. The topological polar surface area (TPSA) is 32.3 Å². The summed E-state index contributed by atoms with van der Waals surface area (Å²) in [6.07, 6.45) is 9.69. The number of hydrogen-bond donors (Lipinski definition) is 2. The highest BCUT2D eigenvalue weighted by Gasteiger charge is 2.21. The molecule has 2 nitrogen and oxygen atoms in total. The van der Waals surface area contributed by atoms with Gasteiger partial charge in [-0.25, -0.2) is 0 Å². The lowest BCUT2D eigenvalue weighted by Gasteiger charge is -2.28. The smallest absolute Gasteiger partial charge is 0.0693 e. The summed E-state index contributed by atoms with van der Waals surface area (Å²) in [7, 11) is 0. The second-order valence-electron chi connectivity index (χ2n) is 4.02. The van der Waals surface area contributed by atoms with E-state index in [9.17, 15) is 5.11 Å². The average molecular weight is 207 g/mol. The van der Waals surface area contributed by atoms with Crippen LogP contribution in [0.1, 0.15) is 25.7 Å². The minimum absolute atomic E-state index is 0.187. The van der Waals surface area contributed by atoms with Gasteiger partial charge in [-0.3, -0.25) is 0 Å². The van der Waals surface area contributed by atoms with E-state index < -0.39 is 0 Å². The molecule has 1 rings (SSSR count). The van der Waals surface area contributed by atoms with Crippen molar-refractivity contribution in [2.24, 2.45) is 0 Å². The van der Waals surface area contributed by atoms with Crippen LogP contribution in [0.4, 0.5) is 0 Å². The second kappa shape index (κ2) is 6.59. The van der Waals surface area contributed by atoms with E-state index in [-0.39, 0.29) is 12.1 Å². The van der Waals surface area contributed by atoms with Crippen LogP contribution in [-0.4, -0.2) is 23.8 Å². The lowest BCUT2D eigenvalue weighted by Crippen LogP contribution is -2.42. The van der Waals surface area contributed by atoms with Gasteiger partial charge in [0, 0.05) is 12.6 Å². The first-order valence-corrected chi connectivity index (χ1v) is 5.63. The molecule has 1 aliphatic carbocycles. The maximum Gasteiger partial charge on any atom is 0.0693 e. The van der Waals surface area contributed by atoms with E-state index >= 15 is 0 Å². The molecule has 2 atom stereocenters. The van der Waals surface area contributed by atoms with Crippen LogP contribution in [0.15, 0.2) is 37.0 Å². The summed E-state index contributed by atoms with van der Waals surface area (Å²) < 4.78 is 0. The fourth-order valence-corrected chi connectivity index (χ4v) is 1.95. The van der Waals surface area contributed by atoms with Crippen molar-refractivity contribution in [3.63, 3.8) is 0 Å². The monoisotopic (exact) mass is 207 g/mol. The lowest BCUT2D eigenvalue weighted by atomic mass is 9.92. The Morgan fingerprint density at radius 1 is 1.33 bits per heavy atom. The molecule has 84 valence electrons. The molecular weight excluding hydrogens is 186 g/mol. The predicted molar refractivity (Wildman–Crippen MR) is 64.7 cm³/mol. The molecule has 1 aliphatic rings. The van der Waals surface area contributed by atoms with Gasteiger partial charge in [-0.15, -0.1) is 0 Å². The first kappa shape index (κ1) is 12.2. The Morgan fingerprint density at radius 2 is 2.07 bits per heavy atom. The third-order valence-electron chi connectivity index (χ3n) is 2.89. The molecule has 15 heavy (non-hydrogen) atoms. The molecule has 0 aliphatic heterocycles. The lowest BCUT2D eigenvalue weighted by molar-refractivity contribution is 0.0926. The number of rotatable bonds is 5. The summed E-state index contributed by atoms with van der Waals surface area (Å²) in [6, 6.07) is 0.243. The maximum absolute atomic E-state index is 9.76. The normalized spacial score (nSPS) is 27.4. The van der Waals surface area contributed by atoms with Crippen LogP contribution in [0.5, 0.6) is 0 Å². The minimum atomic E-state index is -0.187. The fraction of sp³-hybridized carbons (Fsp3) is 0.538. The maximum atomic E-state index is 9.76. The van der Waals surface area contributed by atoms with Gasteiger partial charge in [0.1, 0.15) is 0 Å². The largest absolute Gasteiger partial charge is 0.392 e. The molecule has 0 saturated heterocycles. The number of allylic oxidation sites excluding steroid dienone is 2. The van der Waals surface area contributed by atoms with Crippen molar-refractivity contribution in [1.82, 2.24) is 5.32 Å². The molecule has 0 spiro atoms. The molecule has 0 amide bonds. The predicted octanol–water partition coefficient (Wildman–Crippen LogP) is 2.18. The second-order valence-corrected chi connectivity index (χ2v) is 4.02. The summed E-state index contributed by atoms with van der Waals surface area (Å²) in [4.78, 5) is 0. The van der Waals surface area contributed by atoms with Gasteiger partial charge in [0.25, 0.3) is 0 Å². The average Bonchev–Trinajstić information content (AvgIpc) is 2.26. The highest BCUT2D eigenvalue weighted by molar-refractivity contribution is 5.22. The summed E-state index contributed by atoms with van der Waals surface area (Å²) >= 11 is 0. The van der Waals surface area contributed by atoms with Crippen LogP contribution in [0.25, 0.3) is 0 Å². The Hall–Kier alpha value is -0.860. The van der Waals surface area contributed by atoms with Crippen molar-refractivity contribution in [3.05, 3.63) is 37.0 Å². The van der Waals surface area contributed by atoms with E-state index in [2.05, 4.69) is 18.5 Å². The molecule has 1 fully saturated rings. The zero-order chi connectivity index (χ0) is 11.1. The van der Waals surface area contributed by atoms with Gasteiger partial charge in [0.05, 0.1) is 6.10 Å². The Kier molecular flexibility index (Phi) is 5.37. The molecular formula is C13H21NO. The summed E-state index contributed by atoms with van der Waals surface area (Å²) in [5, 5.41) is 13.1. The van der Waals surface area contributed by atoms with Crippen LogP contribution in [0, 0.1) is 0 Å². The molecule has 0 aromatic carbocycles. The van der Waals surface area contributed by atoms with Gasteiger partial charge in [-0.2, -0.15) is 0 Å². The third kappa shape index (κ3) is 4.02. The van der Waals surface area contributed by atoms with Crippen molar-refractivity contribution in [2.45, 2.75) is 37.8 Å². The molecule has 0 aromatic rings. The van der Waals surface area contributed by atoms with Gasteiger partial charge >= 0.3 is 0 Å². The molecule has 0 aromatic heterocycles. The number of aliphatic hydroxyl groups excluding tert-OH is 1. The Bertz CT molecular complexity index is 245. The van der Waals surface area contributed by atoms with Crippen molar-refractivity contribution < 1.29 is 5.11 Å². The van der Waals surface area contributed by atoms with E-state index in [1.165, 1.54) is 6.42 Å². The Labute approximate surface area is 92.4 Å². The van der Waals surface area contributed by atoms with Crippen LogP contribution in [0.2, 0.25) is 0 Å². The Balaban J connectivity index is 2.37. The first-order chi connectivity index (χ1) is 7.27. The van der Waals surface area contributed by atoms with Crippen LogP contribution in [-0.2, 0) is 0 Å². The molecule has 0 bridgehead atoms. The summed E-state index contributed by atoms with van der Waals surface area (Å²) in [5.74, 6) is 0. The van der Waals surface area contributed by atoms with E-state index in [0.717, 1.165) is 31.4 Å². The standard InChI is InChI=1S/C13H21NO/c1-3-7-11(4-2)10-14-12-8-5-6-9-13(12)15/h3-4,7,12-15H,1-2,5-6,8-10H2. The van der Waals surface area contributed by atoms with E-state index in [4.69, 9.17) is 0 Å². The van der Waals surface area contributed by atoms with Crippen LogP contribution >= 0.6 is 0 Å². The van der Waals surface area contributed by atoms with Crippen molar-refractivity contribution in [2.75, 3.05) is 6.54 Å². The molecule has 0 heterocycles. The number of nitrogens with one attached hydrogen (secondary N) is 1.